The van der Waals surface area contributed by atoms with Crippen molar-refractivity contribution < 1.29 is 34.5 Å². The highest BCUT2D eigenvalue weighted by atomic mass is 16.7. The lowest BCUT2D eigenvalue weighted by Gasteiger charge is -2.37. The van der Waals surface area contributed by atoms with Gasteiger partial charge in [0.15, 0.2) is 6.10 Å². The van der Waals surface area contributed by atoms with Crippen LogP contribution in [0.1, 0.15) is 13.8 Å². The number of nitrogens with zero attached hydrogens (tertiary/aromatic N) is 1. The van der Waals surface area contributed by atoms with Crippen molar-refractivity contribution in [3.63, 3.8) is 0 Å². The van der Waals surface area contributed by atoms with Crippen molar-refractivity contribution in [1.82, 2.24) is 5.32 Å². The molecule has 148 valence electrons. The van der Waals surface area contributed by atoms with Gasteiger partial charge in [-0.25, -0.2) is 4.79 Å². The fourth-order valence-electron chi connectivity index (χ4n) is 2.30. The molecular formula is C17H23N3O7. The van der Waals surface area contributed by atoms with Crippen LogP contribution in [-0.2, 0) is 14.4 Å². The molecule has 1 aromatic rings. The number of benzene rings is 1. The van der Waals surface area contributed by atoms with Crippen molar-refractivity contribution in [1.29, 1.82) is 0 Å². The van der Waals surface area contributed by atoms with Crippen molar-refractivity contribution in [2.75, 3.05) is 11.9 Å². The summed E-state index contributed by atoms with van der Waals surface area (Å²) in [6, 6.07) is 7.23. The summed E-state index contributed by atoms with van der Waals surface area (Å²) in [4.78, 5) is 28.5. The number of oxime groups is 1. The predicted octanol–water partition coefficient (Wildman–Crippen LogP) is -0.198. The number of hydrogen-bond acceptors (Lipinski definition) is 8. The number of aliphatic hydroxyl groups excluding tert-OH is 3. The van der Waals surface area contributed by atoms with E-state index in [1.165, 1.54) is 0 Å². The minimum absolute atomic E-state index is 0.343. The SMILES string of the molecule is CC(C)C(=O)NC1/C(=N/OC(=O)Nc2ccccc2)OC(CO)[C@@H](O)C1O. The second kappa shape index (κ2) is 9.31. The van der Waals surface area contributed by atoms with Gasteiger partial charge in [0.1, 0.15) is 18.2 Å². The average molecular weight is 381 g/mol. The molecule has 1 fully saturated rings. The third-order valence-corrected chi connectivity index (χ3v) is 3.85. The highest BCUT2D eigenvalue weighted by molar-refractivity contribution is 5.90. The Morgan fingerprint density at radius 3 is 2.48 bits per heavy atom. The zero-order valence-electron chi connectivity index (χ0n) is 14.9. The first-order chi connectivity index (χ1) is 12.8. The molecule has 0 bridgehead atoms. The molecule has 0 saturated carbocycles. The molecule has 0 spiro atoms. The van der Waals surface area contributed by atoms with E-state index in [9.17, 15) is 24.9 Å². The molecule has 0 aliphatic carbocycles. The van der Waals surface area contributed by atoms with Gasteiger partial charge in [0, 0.05) is 11.6 Å². The number of carbonyl (C=O) groups excluding carboxylic acids is 2. The summed E-state index contributed by atoms with van der Waals surface area (Å²) >= 11 is 0. The van der Waals surface area contributed by atoms with E-state index in [1.807, 2.05) is 0 Å². The number of para-hydroxylation sites is 1. The van der Waals surface area contributed by atoms with Gasteiger partial charge in [-0.2, -0.15) is 0 Å². The smallest absolute Gasteiger partial charge is 0.437 e. The van der Waals surface area contributed by atoms with Gasteiger partial charge >= 0.3 is 6.09 Å². The molecule has 5 N–H and O–H groups in total. The number of carbonyl (C=O) groups is 2. The van der Waals surface area contributed by atoms with Crippen LogP contribution >= 0.6 is 0 Å². The van der Waals surface area contributed by atoms with E-state index in [0.29, 0.717) is 5.69 Å². The van der Waals surface area contributed by atoms with Gasteiger partial charge in [0.2, 0.25) is 5.91 Å². The van der Waals surface area contributed by atoms with Crippen LogP contribution in [0.5, 0.6) is 0 Å². The minimum atomic E-state index is -1.52. The molecule has 1 aliphatic heterocycles. The van der Waals surface area contributed by atoms with Crippen molar-refractivity contribution >= 4 is 23.6 Å². The van der Waals surface area contributed by atoms with Gasteiger partial charge in [0.05, 0.1) is 6.61 Å². The van der Waals surface area contributed by atoms with Gasteiger partial charge < -0.3 is 25.4 Å². The number of aliphatic hydroxyl groups is 3. The highest BCUT2D eigenvalue weighted by Gasteiger charge is 2.44. The number of amides is 2. The first kappa shape index (κ1) is 20.6. The zero-order chi connectivity index (χ0) is 20.0. The molecule has 10 nitrogen and oxygen atoms in total. The number of hydrogen-bond donors (Lipinski definition) is 5. The molecule has 27 heavy (non-hydrogen) atoms. The van der Waals surface area contributed by atoms with E-state index in [-0.39, 0.29) is 5.90 Å². The van der Waals surface area contributed by atoms with Crippen LogP contribution in [-0.4, -0.2) is 64.2 Å². The second-order valence-electron chi connectivity index (χ2n) is 6.26. The Hall–Kier alpha value is -2.69. The van der Waals surface area contributed by atoms with Crippen LogP contribution in [0.3, 0.4) is 0 Å². The lowest BCUT2D eigenvalue weighted by Crippen LogP contribution is -2.63. The third-order valence-electron chi connectivity index (χ3n) is 3.85. The summed E-state index contributed by atoms with van der Waals surface area (Å²) in [5, 5.41) is 37.9. The van der Waals surface area contributed by atoms with Crippen LogP contribution in [0.25, 0.3) is 0 Å². The molecule has 0 aromatic heterocycles. The molecule has 1 aromatic carbocycles. The first-order valence-electron chi connectivity index (χ1n) is 8.38. The van der Waals surface area contributed by atoms with Gasteiger partial charge in [-0.05, 0) is 17.3 Å². The maximum Gasteiger partial charge on any atom is 0.437 e. The van der Waals surface area contributed by atoms with Crippen LogP contribution < -0.4 is 10.6 Å². The normalized spacial score (nSPS) is 26.4. The Labute approximate surface area is 155 Å². The van der Waals surface area contributed by atoms with Crippen LogP contribution in [0.4, 0.5) is 10.5 Å². The van der Waals surface area contributed by atoms with E-state index < -0.39 is 48.9 Å². The summed E-state index contributed by atoms with van der Waals surface area (Å²) in [5.74, 6) is -1.18. The average Bonchev–Trinajstić information content (AvgIpc) is 2.65. The summed E-state index contributed by atoms with van der Waals surface area (Å²) in [5.41, 5.74) is 0.473. The van der Waals surface area contributed by atoms with E-state index in [4.69, 9.17) is 9.57 Å². The molecule has 4 atom stereocenters. The predicted molar refractivity (Wildman–Crippen MR) is 94.7 cm³/mol. The molecule has 10 heteroatoms. The number of nitrogens with one attached hydrogen (secondary N) is 2. The quantitative estimate of drug-likeness (QED) is 0.350. The number of anilines is 1. The van der Waals surface area contributed by atoms with E-state index >= 15 is 0 Å². The number of rotatable bonds is 5. The molecule has 2 amide bonds. The fraction of sp³-hybridized carbons (Fsp3) is 0.471. The number of ether oxygens (including phenoxy) is 1. The Kier molecular flexibility index (Phi) is 7.11. The van der Waals surface area contributed by atoms with Gasteiger partial charge in [-0.1, -0.05) is 32.0 Å². The maximum absolute atomic E-state index is 12.0. The van der Waals surface area contributed by atoms with E-state index in [0.717, 1.165) is 0 Å². The summed E-state index contributed by atoms with van der Waals surface area (Å²) in [6.45, 7) is 2.66. The van der Waals surface area contributed by atoms with Crippen LogP contribution in [0.2, 0.25) is 0 Å². The monoisotopic (exact) mass is 381 g/mol. The van der Waals surface area contributed by atoms with Gasteiger partial charge in [-0.15, -0.1) is 0 Å². The zero-order valence-corrected chi connectivity index (χ0v) is 14.9. The molecule has 1 aliphatic rings. The Morgan fingerprint density at radius 2 is 1.89 bits per heavy atom. The fourth-order valence-corrected chi connectivity index (χ4v) is 2.30. The largest absolute Gasteiger partial charge is 0.468 e. The Balaban J connectivity index is 2.13. The lowest BCUT2D eigenvalue weighted by molar-refractivity contribution is -0.130. The molecule has 1 heterocycles. The van der Waals surface area contributed by atoms with Crippen LogP contribution in [0.15, 0.2) is 35.5 Å². The van der Waals surface area contributed by atoms with E-state index in [1.54, 1.807) is 44.2 Å². The molecular weight excluding hydrogens is 358 g/mol. The summed E-state index contributed by atoms with van der Waals surface area (Å²) in [6.07, 6.45) is -5.10. The third kappa shape index (κ3) is 5.39. The summed E-state index contributed by atoms with van der Waals surface area (Å²) in [7, 11) is 0. The topological polar surface area (TPSA) is 150 Å². The lowest BCUT2D eigenvalue weighted by atomic mass is 9.97. The molecule has 2 rings (SSSR count). The van der Waals surface area contributed by atoms with Crippen molar-refractivity contribution in [2.24, 2.45) is 11.1 Å². The van der Waals surface area contributed by atoms with Crippen LogP contribution in [0, 0.1) is 5.92 Å². The Bertz CT molecular complexity index is 680. The first-order valence-corrected chi connectivity index (χ1v) is 8.38. The standard InChI is InChI=1S/C17H23N3O7/c1-9(2)15(24)19-12-14(23)13(22)11(8-21)26-16(12)20-27-17(25)18-10-6-4-3-5-7-10/h3-7,9,11-14,21-23H,8H2,1-2H3,(H,18,25)(H,19,24)/b20-16-/t11?,12?,13-,14?/m1/s1. The summed E-state index contributed by atoms with van der Waals surface area (Å²) < 4.78 is 5.28. The maximum atomic E-state index is 12.0. The van der Waals surface area contributed by atoms with Gasteiger partial charge in [-0.3, -0.25) is 14.9 Å². The minimum Gasteiger partial charge on any atom is -0.468 e. The van der Waals surface area contributed by atoms with Gasteiger partial charge in [0.25, 0.3) is 5.90 Å². The highest BCUT2D eigenvalue weighted by Crippen LogP contribution is 2.19. The van der Waals surface area contributed by atoms with Crippen molar-refractivity contribution in [2.45, 2.75) is 38.2 Å². The van der Waals surface area contributed by atoms with Crippen molar-refractivity contribution in [3.8, 4) is 0 Å². The van der Waals surface area contributed by atoms with E-state index in [2.05, 4.69) is 15.8 Å². The molecule has 0 radical (unpaired) electrons. The Morgan fingerprint density at radius 1 is 1.22 bits per heavy atom. The van der Waals surface area contributed by atoms with Crippen molar-refractivity contribution in [3.05, 3.63) is 30.3 Å². The second-order valence-corrected chi connectivity index (χ2v) is 6.26. The molecule has 3 unspecified atom stereocenters. The molecule has 1 saturated heterocycles.